The highest BCUT2D eigenvalue weighted by Gasteiger charge is 2.21. The molecule has 0 aliphatic carbocycles. The van der Waals surface area contributed by atoms with E-state index in [9.17, 15) is 9.18 Å². The topological polar surface area (TPSA) is 74.8 Å². The molecule has 160 valence electrons. The Kier molecular flexibility index (Phi) is 7.79. The minimum absolute atomic E-state index is 0.127. The Bertz CT molecular complexity index is 1060. The maximum atomic E-state index is 14.4. The van der Waals surface area contributed by atoms with E-state index in [1.165, 1.54) is 17.8 Å². The fourth-order valence-electron chi connectivity index (χ4n) is 3.14. The van der Waals surface area contributed by atoms with Crippen molar-refractivity contribution >= 4 is 23.4 Å². The van der Waals surface area contributed by atoms with Crippen molar-refractivity contribution in [2.75, 3.05) is 17.2 Å². The second-order valence-corrected chi connectivity index (χ2v) is 8.31. The monoisotopic (exact) mass is 437 g/mol. The van der Waals surface area contributed by atoms with Gasteiger partial charge in [-0.05, 0) is 30.2 Å². The highest BCUT2D eigenvalue weighted by Crippen LogP contribution is 2.27. The van der Waals surface area contributed by atoms with Gasteiger partial charge in [-0.15, -0.1) is 10.2 Å². The Morgan fingerprint density at radius 1 is 1.16 bits per heavy atom. The smallest absolute Gasteiger partial charge is 0.237 e. The molecule has 0 unspecified atom stereocenters. The lowest BCUT2D eigenvalue weighted by Gasteiger charge is -2.21. The number of anilines is 1. The lowest BCUT2D eigenvalue weighted by atomic mass is 10.2. The number of thioether (sulfide) groups is 1. The molecule has 3 rings (SSSR count). The molecule has 0 saturated heterocycles. The van der Waals surface area contributed by atoms with Crippen LogP contribution in [0.1, 0.15) is 20.3 Å². The average Bonchev–Trinajstić information content (AvgIpc) is 3.15. The van der Waals surface area contributed by atoms with Gasteiger partial charge >= 0.3 is 0 Å². The van der Waals surface area contributed by atoms with Crippen LogP contribution in [0, 0.1) is 23.1 Å². The first-order chi connectivity index (χ1) is 15.0. The van der Waals surface area contributed by atoms with Crippen LogP contribution in [0.25, 0.3) is 11.4 Å². The van der Waals surface area contributed by atoms with Crippen LogP contribution in [0.2, 0.25) is 0 Å². The molecule has 0 N–H and O–H groups in total. The molecule has 0 aliphatic heterocycles. The first-order valence-electron chi connectivity index (χ1n) is 10.0. The van der Waals surface area contributed by atoms with Gasteiger partial charge in [0.25, 0.3) is 0 Å². The number of carbonyl (C=O) groups is 1. The van der Waals surface area contributed by atoms with Gasteiger partial charge < -0.3 is 9.47 Å². The van der Waals surface area contributed by atoms with E-state index in [0.29, 0.717) is 29.6 Å². The lowest BCUT2D eigenvalue weighted by molar-refractivity contribution is -0.116. The van der Waals surface area contributed by atoms with Gasteiger partial charge in [-0.1, -0.05) is 55.9 Å². The molecule has 1 aromatic heterocycles. The second kappa shape index (κ2) is 10.7. The molecular formula is C23H24FN5OS. The zero-order chi connectivity index (χ0) is 22.2. The summed E-state index contributed by atoms with van der Waals surface area (Å²) >= 11 is 1.27. The Morgan fingerprint density at radius 2 is 1.87 bits per heavy atom. The summed E-state index contributed by atoms with van der Waals surface area (Å²) in [5.74, 6) is 0.379. The molecule has 6 nitrogen and oxygen atoms in total. The molecular weight excluding hydrogens is 413 g/mol. The predicted molar refractivity (Wildman–Crippen MR) is 120 cm³/mol. The second-order valence-electron chi connectivity index (χ2n) is 7.37. The predicted octanol–water partition coefficient (Wildman–Crippen LogP) is 4.78. The van der Waals surface area contributed by atoms with E-state index in [1.54, 1.807) is 23.1 Å². The van der Waals surface area contributed by atoms with Gasteiger partial charge in [0.05, 0.1) is 23.8 Å². The fourth-order valence-corrected chi connectivity index (χ4v) is 3.96. The van der Waals surface area contributed by atoms with Crippen LogP contribution in [0.15, 0.2) is 59.8 Å². The SMILES string of the molecule is CC(C)Cn1c(SCC(=O)N(CCC#N)c2ccccc2)nnc1-c1ccccc1F. The highest BCUT2D eigenvalue weighted by molar-refractivity contribution is 7.99. The third kappa shape index (κ3) is 5.70. The van der Waals surface area contributed by atoms with Crippen LogP contribution >= 0.6 is 11.8 Å². The molecule has 8 heteroatoms. The normalized spacial score (nSPS) is 10.8. The third-order valence-corrected chi connectivity index (χ3v) is 5.47. The summed E-state index contributed by atoms with van der Waals surface area (Å²) in [4.78, 5) is 14.6. The number of amides is 1. The van der Waals surface area contributed by atoms with E-state index in [0.717, 1.165) is 5.69 Å². The zero-order valence-corrected chi connectivity index (χ0v) is 18.3. The standard InChI is InChI=1S/C23H24FN5OS/c1-17(2)15-29-22(19-11-6-7-12-20(19)24)26-27-23(29)31-16-21(30)28(14-8-13-25)18-9-4-3-5-10-18/h3-7,9-12,17H,8,14-16H2,1-2H3. The van der Waals surface area contributed by atoms with E-state index in [4.69, 9.17) is 5.26 Å². The summed E-state index contributed by atoms with van der Waals surface area (Å²) in [7, 11) is 0. The summed E-state index contributed by atoms with van der Waals surface area (Å²) in [5, 5.41) is 18.0. The Balaban J connectivity index is 1.82. The molecule has 0 fully saturated rings. The number of para-hydroxylation sites is 1. The molecule has 1 heterocycles. The van der Waals surface area contributed by atoms with Crippen LogP contribution in [0.3, 0.4) is 0 Å². The van der Waals surface area contributed by atoms with Crippen molar-refractivity contribution in [3.05, 3.63) is 60.4 Å². The van der Waals surface area contributed by atoms with Crippen LogP contribution < -0.4 is 4.90 Å². The largest absolute Gasteiger partial charge is 0.311 e. The van der Waals surface area contributed by atoms with Crippen molar-refractivity contribution in [1.29, 1.82) is 5.26 Å². The van der Waals surface area contributed by atoms with Crippen molar-refractivity contribution in [2.45, 2.75) is 32.0 Å². The Morgan fingerprint density at radius 3 is 2.55 bits per heavy atom. The molecule has 0 radical (unpaired) electrons. The minimum atomic E-state index is -0.362. The summed E-state index contributed by atoms with van der Waals surface area (Å²) in [5.41, 5.74) is 1.13. The fraction of sp³-hybridized carbons (Fsp3) is 0.304. The van der Waals surface area contributed by atoms with Crippen molar-refractivity contribution in [3.63, 3.8) is 0 Å². The molecule has 0 aliphatic rings. The van der Waals surface area contributed by atoms with Gasteiger partial charge in [0.15, 0.2) is 11.0 Å². The van der Waals surface area contributed by atoms with E-state index in [1.807, 2.05) is 34.9 Å². The number of nitriles is 1. The zero-order valence-electron chi connectivity index (χ0n) is 17.5. The summed E-state index contributed by atoms with van der Waals surface area (Å²) < 4.78 is 16.2. The number of hydrogen-bond acceptors (Lipinski definition) is 5. The number of hydrogen-bond donors (Lipinski definition) is 0. The maximum absolute atomic E-state index is 14.4. The number of benzene rings is 2. The molecule has 0 atom stereocenters. The average molecular weight is 438 g/mol. The Labute approximate surface area is 185 Å². The van der Waals surface area contributed by atoms with Crippen molar-refractivity contribution < 1.29 is 9.18 Å². The summed E-state index contributed by atoms with van der Waals surface area (Å²) in [6.07, 6.45) is 0.242. The maximum Gasteiger partial charge on any atom is 0.237 e. The van der Waals surface area contributed by atoms with Gasteiger partial charge in [0.1, 0.15) is 5.82 Å². The number of nitrogens with zero attached hydrogens (tertiary/aromatic N) is 5. The van der Waals surface area contributed by atoms with Gasteiger partial charge in [0, 0.05) is 18.8 Å². The van der Waals surface area contributed by atoms with Crippen LogP contribution in [-0.2, 0) is 11.3 Å². The number of carbonyl (C=O) groups excluding carboxylic acids is 1. The molecule has 1 amide bonds. The van der Waals surface area contributed by atoms with E-state index in [2.05, 4.69) is 30.1 Å². The quantitative estimate of drug-likeness (QED) is 0.451. The third-order valence-electron chi connectivity index (χ3n) is 4.52. The summed E-state index contributed by atoms with van der Waals surface area (Å²) in [6.45, 7) is 5.04. The molecule has 31 heavy (non-hydrogen) atoms. The highest BCUT2D eigenvalue weighted by atomic mass is 32.2. The Hall–Kier alpha value is -3.18. The minimum Gasteiger partial charge on any atom is -0.311 e. The van der Waals surface area contributed by atoms with Gasteiger partial charge in [-0.2, -0.15) is 5.26 Å². The van der Waals surface area contributed by atoms with Gasteiger partial charge in [0.2, 0.25) is 5.91 Å². The van der Waals surface area contributed by atoms with Crippen LogP contribution in [0.5, 0.6) is 0 Å². The molecule has 0 bridgehead atoms. The number of halogens is 1. The number of aromatic nitrogens is 3. The van der Waals surface area contributed by atoms with E-state index in [-0.39, 0.29) is 29.8 Å². The van der Waals surface area contributed by atoms with Crippen LogP contribution in [0.4, 0.5) is 10.1 Å². The molecule has 3 aromatic rings. The molecule has 2 aromatic carbocycles. The van der Waals surface area contributed by atoms with Gasteiger partial charge in [-0.3, -0.25) is 4.79 Å². The van der Waals surface area contributed by atoms with Crippen LogP contribution in [-0.4, -0.2) is 33.0 Å². The summed E-state index contributed by atoms with van der Waals surface area (Å²) in [6, 6.07) is 17.8. The molecule has 0 spiro atoms. The van der Waals surface area contributed by atoms with Crippen molar-refractivity contribution in [2.24, 2.45) is 5.92 Å². The van der Waals surface area contributed by atoms with Gasteiger partial charge in [-0.25, -0.2) is 4.39 Å². The van der Waals surface area contributed by atoms with Crippen molar-refractivity contribution in [1.82, 2.24) is 14.8 Å². The first-order valence-corrected chi connectivity index (χ1v) is 11.0. The lowest BCUT2D eigenvalue weighted by Crippen LogP contribution is -2.33. The van der Waals surface area contributed by atoms with E-state index < -0.39 is 0 Å². The van der Waals surface area contributed by atoms with E-state index >= 15 is 0 Å². The molecule has 0 saturated carbocycles. The first kappa shape index (κ1) is 22.5. The van der Waals surface area contributed by atoms with Crippen molar-refractivity contribution in [3.8, 4) is 17.5 Å². The number of rotatable bonds is 9.